The highest BCUT2D eigenvalue weighted by Crippen LogP contribution is 2.17. The SMILES string of the molecule is Cc1ccc(C(=O)N2CCN(C(=O)c3cccc(Br)c3)CC2)cc1C. The fourth-order valence-corrected chi connectivity index (χ4v) is 3.37. The van der Waals surface area contributed by atoms with Crippen LogP contribution in [0.5, 0.6) is 0 Å². The number of benzene rings is 2. The van der Waals surface area contributed by atoms with E-state index in [1.165, 1.54) is 5.56 Å². The van der Waals surface area contributed by atoms with Gasteiger partial charge >= 0.3 is 0 Å². The summed E-state index contributed by atoms with van der Waals surface area (Å²) in [5.74, 6) is 0.0530. The van der Waals surface area contributed by atoms with E-state index >= 15 is 0 Å². The summed E-state index contributed by atoms with van der Waals surface area (Å²) in [6, 6.07) is 13.2. The number of piperazine rings is 1. The van der Waals surface area contributed by atoms with Crippen molar-refractivity contribution in [2.75, 3.05) is 26.2 Å². The van der Waals surface area contributed by atoms with Crippen LogP contribution in [0.2, 0.25) is 0 Å². The number of hydrogen-bond donors (Lipinski definition) is 0. The minimum atomic E-state index is 0.0135. The quantitative estimate of drug-likeness (QED) is 0.771. The Hall–Kier alpha value is -2.14. The van der Waals surface area contributed by atoms with Crippen molar-refractivity contribution in [3.63, 3.8) is 0 Å². The molecule has 2 aromatic rings. The highest BCUT2D eigenvalue weighted by atomic mass is 79.9. The van der Waals surface area contributed by atoms with E-state index in [1.54, 1.807) is 0 Å². The van der Waals surface area contributed by atoms with Crippen LogP contribution in [0.4, 0.5) is 0 Å². The van der Waals surface area contributed by atoms with Gasteiger partial charge < -0.3 is 9.80 Å². The molecular weight excluding hydrogens is 380 g/mol. The van der Waals surface area contributed by atoms with Crippen LogP contribution >= 0.6 is 15.9 Å². The second-order valence-corrected chi connectivity index (χ2v) is 7.31. The number of amides is 2. The number of hydrogen-bond acceptors (Lipinski definition) is 2. The van der Waals surface area contributed by atoms with E-state index in [0.29, 0.717) is 31.7 Å². The van der Waals surface area contributed by atoms with Gasteiger partial charge in [-0.1, -0.05) is 28.1 Å². The molecule has 0 saturated carbocycles. The Morgan fingerprint density at radius 3 is 1.88 bits per heavy atom. The fraction of sp³-hybridized carbons (Fsp3) is 0.300. The van der Waals surface area contributed by atoms with Crippen molar-refractivity contribution >= 4 is 27.7 Å². The second-order valence-electron chi connectivity index (χ2n) is 6.39. The number of halogens is 1. The van der Waals surface area contributed by atoms with Crippen molar-refractivity contribution in [1.29, 1.82) is 0 Å². The molecular formula is C20H21BrN2O2. The van der Waals surface area contributed by atoms with E-state index in [2.05, 4.69) is 15.9 Å². The smallest absolute Gasteiger partial charge is 0.254 e. The lowest BCUT2D eigenvalue weighted by molar-refractivity contribution is 0.0535. The third kappa shape index (κ3) is 3.93. The van der Waals surface area contributed by atoms with Gasteiger partial charge in [0.1, 0.15) is 0 Å². The Balaban J connectivity index is 1.64. The van der Waals surface area contributed by atoms with Crippen LogP contribution in [0, 0.1) is 13.8 Å². The van der Waals surface area contributed by atoms with E-state index in [0.717, 1.165) is 15.6 Å². The van der Waals surface area contributed by atoms with Gasteiger partial charge in [-0.15, -0.1) is 0 Å². The topological polar surface area (TPSA) is 40.6 Å². The lowest BCUT2D eigenvalue weighted by Gasteiger charge is -2.35. The zero-order valence-electron chi connectivity index (χ0n) is 14.5. The van der Waals surface area contributed by atoms with Crippen molar-refractivity contribution in [1.82, 2.24) is 9.80 Å². The zero-order valence-corrected chi connectivity index (χ0v) is 16.0. The Labute approximate surface area is 156 Å². The van der Waals surface area contributed by atoms with Gasteiger partial charge in [-0.05, 0) is 55.3 Å². The molecule has 1 saturated heterocycles. The van der Waals surface area contributed by atoms with Crippen LogP contribution in [0.1, 0.15) is 31.8 Å². The van der Waals surface area contributed by atoms with Gasteiger partial charge in [0, 0.05) is 41.8 Å². The van der Waals surface area contributed by atoms with Gasteiger partial charge in [0.15, 0.2) is 0 Å². The molecule has 0 bridgehead atoms. The van der Waals surface area contributed by atoms with Crippen molar-refractivity contribution in [3.8, 4) is 0 Å². The van der Waals surface area contributed by atoms with Gasteiger partial charge in [-0.2, -0.15) is 0 Å². The maximum absolute atomic E-state index is 12.7. The molecule has 0 radical (unpaired) electrons. The standard InChI is InChI=1S/C20H21BrN2O2/c1-14-6-7-17(12-15(14)2)20(25)23-10-8-22(9-11-23)19(24)16-4-3-5-18(21)13-16/h3-7,12-13H,8-11H2,1-2H3. The molecule has 1 aliphatic rings. The van der Waals surface area contributed by atoms with Crippen LogP contribution in [-0.4, -0.2) is 47.8 Å². The van der Waals surface area contributed by atoms with E-state index in [1.807, 2.05) is 66.1 Å². The molecule has 0 aromatic heterocycles. The molecule has 2 amide bonds. The van der Waals surface area contributed by atoms with Gasteiger partial charge in [-0.25, -0.2) is 0 Å². The van der Waals surface area contributed by atoms with E-state index < -0.39 is 0 Å². The Bertz CT molecular complexity index is 811. The van der Waals surface area contributed by atoms with Crippen molar-refractivity contribution in [2.24, 2.45) is 0 Å². The molecule has 25 heavy (non-hydrogen) atoms. The van der Waals surface area contributed by atoms with Crippen molar-refractivity contribution in [3.05, 3.63) is 69.2 Å². The number of aryl methyl sites for hydroxylation is 2. The maximum atomic E-state index is 12.7. The normalized spacial score (nSPS) is 14.5. The first-order valence-electron chi connectivity index (χ1n) is 8.37. The molecule has 5 heteroatoms. The Kier molecular flexibility index (Phi) is 5.23. The summed E-state index contributed by atoms with van der Waals surface area (Å²) in [7, 11) is 0. The predicted molar refractivity (Wildman–Crippen MR) is 102 cm³/mol. The zero-order chi connectivity index (χ0) is 18.0. The molecule has 4 nitrogen and oxygen atoms in total. The Morgan fingerprint density at radius 1 is 0.800 bits per heavy atom. The first-order valence-corrected chi connectivity index (χ1v) is 9.16. The van der Waals surface area contributed by atoms with E-state index in [4.69, 9.17) is 0 Å². The minimum Gasteiger partial charge on any atom is -0.335 e. The third-order valence-corrected chi connectivity index (χ3v) is 5.17. The number of rotatable bonds is 2. The highest BCUT2D eigenvalue weighted by Gasteiger charge is 2.25. The summed E-state index contributed by atoms with van der Waals surface area (Å²) in [6.07, 6.45) is 0. The van der Waals surface area contributed by atoms with Gasteiger partial charge in [-0.3, -0.25) is 9.59 Å². The average Bonchev–Trinajstić information content (AvgIpc) is 2.63. The molecule has 0 atom stereocenters. The minimum absolute atomic E-state index is 0.0135. The molecule has 3 rings (SSSR count). The Morgan fingerprint density at radius 2 is 1.36 bits per heavy atom. The van der Waals surface area contributed by atoms with Crippen LogP contribution in [0.3, 0.4) is 0 Å². The molecule has 0 N–H and O–H groups in total. The molecule has 2 aromatic carbocycles. The van der Waals surface area contributed by atoms with Crippen molar-refractivity contribution < 1.29 is 9.59 Å². The van der Waals surface area contributed by atoms with E-state index in [9.17, 15) is 9.59 Å². The molecule has 0 aliphatic carbocycles. The number of carbonyl (C=O) groups is 2. The summed E-state index contributed by atoms with van der Waals surface area (Å²) in [4.78, 5) is 28.9. The van der Waals surface area contributed by atoms with Gasteiger partial charge in [0.2, 0.25) is 0 Å². The van der Waals surface area contributed by atoms with Crippen LogP contribution in [0.15, 0.2) is 46.9 Å². The molecule has 1 heterocycles. The third-order valence-electron chi connectivity index (χ3n) is 4.68. The van der Waals surface area contributed by atoms with Crippen LogP contribution < -0.4 is 0 Å². The number of nitrogens with zero attached hydrogens (tertiary/aromatic N) is 2. The summed E-state index contributed by atoms with van der Waals surface area (Å²) >= 11 is 3.40. The highest BCUT2D eigenvalue weighted by molar-refractivity contribution is 9.10. The van der Waals surface area contributed by atoms with Crippen LogP contribution in [0.25, 0.3) is 0 Å². The number of carbonyl (C=O) groups excluding carboxylic acids is 2. The predicted octanol–water partition coefficient (Wildman–Crippen LogP) is 3.66. The summed E-state index contributed by atoms with van der Waals surface area (Å²) < 4.78 is 0.891. The summed E-state index contributed by atoms with van der Waals surface area (Å²) in [6.45, 7) is 6.29. The van der Waals surface area contributed by atoms with E-state index in [-0.39, 0.29) is 11.8 Å². The van der Waals surface area contributed by atoms with Gasteiger partial charge in [0.25, 0.3) is 11.8 Å². The molecule has 0 spiro atoms. The lowest BCUT2D eigenvalue weighted by Crippen LogP contribution is -2.50. The monoisotopic (exact) mass is 400 g/mol. The first kappa shape index (κ1) is 17.7. The van der Waals surface area contributed by atoms with Crippen LogP contribution in [-0.2, 0) is 0 Å². The molecule has 130 valence electrons. The molecule has 1 aliphatic heterocycles. The summed E-state index contributed by atoms with van der Waals surface area (Å²) in [5.41, 5.74) is 3.69. The second kappa shape index (κ2) is 7.40. The largest absolute Gasteiger partial charge is 0.335 e. The molecule has 1 fully saturated rings. The summed E-state index contributed by atoms with van der Waals surface area (Å²) in [5, 5.41) is 0. The fourth-order valence-electron chi connectivity index (χ4n) is 2.97. The first-order chi connectivity index (χ1) is 12.0. The van der Waals surface area contributed by atoms with Gasteiger partial charge in [0.05, 0.1) is 0 Å². The van der Waals surface area contributed by atoms with Crippen molar-refractivity contribution in [2.45, 2.75) is 13.8 Å². The lowest BCUT2D eigenvalue weighted by atomic mass is 10.1. The molecule has 0 unspecified atom stereocenters. The average molecular weight is 401 g/mol. The maximum Gasteiger partial charge on any atom is 0.254 e.